The van der Waals surface area contributed by atoms with Crippen LogP contribution in [0.25, 0.3) is 83.2 Å². The molecule has 0 bridgehead atoms. The van der Waals surface area contributed by atoms with Gasteiger partial charge in [0, 0.05) is 190 Å². The van der Waals surface area contributed by atoms with E-state index in [2.05, 4.69) is 91.7 Å². The first kappa shape index (κ1) is 83.7. The SMILES string of the molecule is C=CC(=O)N1CCN(CCCc2cn3c(n2)c(-c2c(Cl)c(OC)cc(OC)c2Cl)cc2cnc(NC)cc23)CC1.C=CC(=O)Nc1cc(Cc2cn3c(n2)c(-c2c(Cl)c(OC)cc(OC)c2Cl)cc2cnc(NC)cc23)ccn1.C=CC(=O)Nc1cc(Cc2cn3c(n2)c(-c2c(Cl)c(OC)cc(OC)c2Cl)cc2cnc(NC)nc23)ccn1. The number of hydrogen-bond donors (Lipinski definition) is 5. The molecule has 15 rings (SSSR count). The molecule has 5 N–H and O–H groups in total. The number of carbonyl (C=O) groups excluding carboxylic acids is 3. The zero-order chi connectivity index (χ0) is 83.8. The third-order valence-electron chi connectivity index (χ3n) is 19.6. The number of amides is 3. The number of piperazine rings is 1. The number of pyridine rings is 7. The quantitative estimate of drug-likeness (QED) is 0.0332. The molecule has 1 fully saturated rings. The Balaban J connectivity index is 0.000000153. The maximum absolute atomic E-state index is 11.9. The minimum absolute atomic E-state index is 0.00197. The van der Waals surface area contributed by atoms with Gasteiger partial charge < -0.3 is 59.9 Å². The minimum Gasteiger partial charge on any atom is -0.495 e. The van der Waals surface area contributed by atoms with Gasteiger partial charge in [0.1, 0.15) is 74.7 Å². The van der Waals surface area contributed by atoms with Crippen LogP contribution >= 0.6 is 69.6 Å². The van der Waals surface area contributed by atoms with Crippen LogP contribution in [0.15, 0.2) is 160 Å². The maximum Gasteiger partial charge on any atom is 0.248 e. The van der Waals surface area contributed by atoms with Gasteiger partial charge in [0.25, 0.3) is 0 Å². The van der Waals surface area contributed by atoms with Gasteiger partial charge in [-0.1, -0.05) is 89.3 Å². The molecule has 606 valence electrons. The Bertz CT molecular complexity index is 5930. The smallest absolute Gasteiger partial charge is 0.248 e. The standard InChI is InChI=1S/C29H32Cl2N6O3.C28H24Cl2N6O3.C27H23Cl2N7O3/c1-5-25(38)36-11-9-35(10-12-36)8-6-7-19-17-37-21-14-24(32-2)33-16-18(21)13-20(29(37)34-19)26-27(30)22(39-3)15-23(40-4)28(26)31;1-5-24(37)35-23-9-15(6-7-32-23)8-17-14-36-19-11-22(31-2)33-13-16(19)10-18(28(36)34-17)25-26(29)20(38-3)12-21(39-4)27(25)30;1-5-21(37)34-20-9-14(6-7-31-20)8-16-13-36-25-15(12-32-27(30-2)35-25)10-17(26(36)33-16)22-23(28)18(38-3)11-19(39-4)24(22)29/h5,13-17H,1,6-12H2,2-4H3,(H,32,33);5-7,9-14H,1,8H2,2-4H3,(H,31,33)(H,32,35,37);5-7,9-13H,1,8H2,2-4H3,(H,30,32,35)(H,31,34,37). The van der Waals surface area contributed by atoms with Crippen molar-refractivity contribution in [2.45, 2.75) is 25.7 Å². The van der Waals surface area contributed by atoms with E-state index in [4.69, 9.17) is 113 Å². The fourth-order valence-electron chi connectivity index (χ4n) is 13.8. The average molecular weight is 1710 g/mol. The largest absolute Gasteiger partial charge is 0.495 e. The first-order valence-electron chi connectivity index (χ1n) is 36.6. The predicted molar refractivity (Wildman–Crippen MR) is 467 cm³/mol. The molecule has 11 aromatic heterocycles. The molecule has 0 atom stereocenters. The summed E-state index contributed by atoms with van der Waals surface area (Å²) in [6.45, 7) is 14.6. The fourth-order valence-corrected chi connectivity index (χ4v) is 15.9. The predicted octanol–water partition coefficient (Wildman–Crippen LogP) is 16.6. The number of methoxy groups -OCH3 is 6. The van der Waals surface area contributed by atoms with E-state index in [0.29, 0.717) is 146 Å². The summed E-state index contributed by atoms with van der Waals surface area (Å²) in [5.74, 6) is 4.68. The van der Waals surface area contributed by atoms with Crippen molar-refractivity contribution in [1.29, 1.82) is 0 Å². The van der Waals surface area contributed by atoms with Crippen molar-refractivity contribution in [1.82, 2.24) is 67.9 Å². The second-order valence-corrected chi connectivity index (χ2v) is 28.9. The number of anilines is 5. The first-order valence-corrected chi connectivity index (χ1v) is 38.9. The van der Waals surface area contributed by atoms with Crippen LogP contribution in [0, 0.1) is 0 Å². The molecule has 1 aliphatic heterocycles. The number of benzene rings is 3. The molecule has 28 nitrogen and oxygen atoms in total. The molecule has 0 unspecified atom stereocenters. The molecule has 0 spiro atoms. The minimum atomic E-state index is -0.342. The number of ether oxygens (including phenoxy) is 6. The highest BCUT2D eigenvalue weighted by molar-refractivity contribution is 6.43. The van der Waals surface area contributed by atoms with E-state index in [0.717, 1.165) is 118 Å². The average Bonchev–Trinajstić information content (AvgIpc) is 1.52. The summed E-state index contributed by atoms with van der Waals surface area (Å²) in [5, 5.41) is 19.1. The van der Waals surface area contributed by atoms with Crippen molar-refractivity contribution in [3.05, 3.63) is 219 Å². The topological polar surface area (TPSA) is 302 Å². The summed E-state index contributed by atoms with van der Waals surface area (Å²) in [6, 6.07) is 22.1. The van der Waals surface area contributed by atoms with Crippen LogP contribution < -0.4 is 55.0 Å². The zero-order valence-corrected chi connectivity index (χ0v) is 70.0. The van der Waals surface area contributed by atoms with Crippen molar-refractivity contribution in [2.24, 2.45) is 0 Å². The number of rotatable bonds is 25. The van der Waals surface area contributed by atoms with E-state index in [1.165, 1.54) is 46.7 Å². The molecule has 3 amide bonds. The van der Waals surface area contributed by atoms with Crippen molar-refractivity contribution < 1.29 is 42.8 Å². The number of hydrogen-bond acceptors (Lipinski definition) is 22. The Labute approximate surface area is 707 Å². The first-order chi connectivity index (χ1) is 57.1. The molecule has 14 aromatic rings. The summed E-state index contributed by atoms with van der Waals surface area (Å²) < 4.78 is 39.0. The van der Waals surface area contributed by atoms with Gasteiger partial charge in [-0.3, -0.25) is 32.5 Å². The van der Waals surface area contributed by atoms with Crippen LogP contribution in [-0.4, -0.2) is 182 Å². The van der Waals surface area contributed by atoms with Gasteiger partial charge in [0.15, 0.2) is 5.65 Å². The number of halogens is 6. The molecular formula is C84H79Cl6N19O9. The number of fused-ring (bicyclic) bond motifs is 9. The van der Waals surface area contributed by atoms with Crippen molar-refractivity contribution >= 4 is 166 Å². The van der Waals surface area contributed by atoms with Crippen LogP contribution in [0.3, 0.4) is 0 Å². The molecule has 118 heavy (non-hydrogen) atoms. The highest BCUT2D eigenvalue weighted by atomic mass is 35.5. The van der Waals surface area contributed by atoms with Crippen LogP contribution in [0.5, 0.6) is 34.5 Å². The molecule has 0 saturated carbocycles. The number of nitrogens with zero attached hydrogens (tertiary/aromatic N) is 14. The molecule has 1 saturated heterocycles. The Hall–Kier alpha value is -12.3. The number of aryl methyl sites for hydroxylation is 1. The molecule has 3 aromatic carbocycles. The van der Waals surface area contributed by atoms with E-state index in [1.54, 1.807) is 76.4 Å². The number of imidazole rings is 3. The van der Waals surface area contributed by atoms with E-state index >= 15 is 0 Å². The second-order valence-electron chi connectivity index (χ2n) is 26.6. The maximum atomic E-state index is 11.9. The Morgan fingerprint density at radius 3 is 1.22 bits per heavy atom. The number of nitrogens with one attached hydrogen (secondary N) is 5. The fraction of sp³-hybridized carbons (Fsp3) is 0.214. The molecule has 34 heteroatoms. The van der Waals surface area contributed by atoms with Crippen LogP contribution in [0.4, 0.5) is 29.2 Å². The number of carbonyl (C=O) groups is 3. The Kier molecular flexibility index (Phi) is 26.2. The molecule has 1 aliphatic rings. The Morgan fingerprint density at radius 2 is 0.822 bits per heavy atom. The summed E-state index contributed by atoms with van der Waals surface area (Å²) in [4.78, 5) is 81.0. The third kappa shape index (κ3) is 17.4. The van der Waals surface area contributed by atoms with Gasteiger partial charge in [-0.2, -0.15) is 4.98 Å². The molecular weight excluding hydrogens is 1630 g/mol. The molecule has 12 heterocycles. The second kappa shape index (κ2) is 36.9. The van der Waals surface area contributed by atoms with Crippen molar-refractivity contribution in [2.75, 3.05) is 123 Å². The summed E-state index contributed by atoms with van der Waals surface area (Å²) in [7, 11) is 14.6. The lowest BCUT2D eigenvalue weighted by molar-refractivity contribution is -0.127. The lowest BCUT2D eigenvalue weighted by Gasteiger charge is -2.34. The third-order valence-corrected chi connectivity index (χ3v) is 21.8. The normalized spacial score (nSPS) is 12.0. The van der Waals surface area contributed by atoms with Gasteiger partial charge >= 0.3 is 0 Å². The monoisotopic (exact) mass is 1710 g/mol. The summed E-state index contributed by atoms with van der Waals surface area (Å²) >= 11 is 40.9. The van der Waals surface area contributed by atoms with Crippen LogP contribution in [0.1, 0.15) is 34.6 Å². The van der Waals surface area contributed by atoms with Gasteiger partial charge in [-0.25, -0.2) is 39.9 Å². The number of aromatic nitrogens is 12. The van der Waals surface area contributed by atoms with Crippen LogP contribution in [-0.2, 0) is 33.6 Å². The van der Waals surface area contributed by atoms with E-state index in [-0.39, 0.29) is 17.7 Å². The Morgan fingerprint density at radius 1 is 0.432 bits per heavy atom. The van der Waals surface area contributed by atoms with Gasteiger partial charge in [0.2, 0.25) is 23.7 Å². The van der Waals surface area contributed by atoms with Gasteiger partial charge in [0.05, 0.1) is 101 Å². The van der Waals surface area contributed by atoms with E-state index < -0.39 is 0 Å². The van der Waals surface area contributed by atoms with Gasteiger partial charge in [-0.05, 0) is 91.2 Å². The lowest BCUT2D eigenvalue weighted by atomic mass is 10.0. The lowest BCUT2D eigenvalue weighted by Crippen LogP contribution is -2.48. The summed E-state index contributed by atoms with van der Waals surface area (Å²) in [5.41, 5.74) is 12.4. The molecule has 0 radical (unpaired) electrons. The van der Waals surface area contributed by atoms with Gasteiger partial charge in [-0.15, -0.1) is 0 Å². The van der Waals surface area contributed by atoms with E-state index in [1.807, 2.05) is 88.9 Å². The van der Waals surface area contributed by atoms with Crippen molar-refractivity contribution in [3.8, 4) is 67.9 Å². The molecule has 0 aliphatic carbocycles. The van der Waals surface area contributed by atoms with E-state index in [9.17, 15) is 14.4 Å². The van der Waals surface area contributed by atoms with Crippen LogP contribution in [0.2, 0.25) is 30.1 Å². The summed E-state index contributed by atoms with van der Waals surface area (Å²) in [6.07, 6.45) is 20.9. The highest BCUT2D eigenvalue weighted by Gasteiger charge is 2.29. The zero-order valence-electron chi connectivity index (χ0n) is 65.5. The highest BCUT2D eigenvalue weighted by Crippen LogP contribution is 2.51. The van der Waals surface area contributed by atoms with Crippen molar-refractivity contribution in [3.63, 3.8) is 0 Å².